The van der Waals surface area contributed by atoms with Gasteiger partial charge in [-0.3, -0.25) is 4.99 Å². The fraction of sp³-hybridized carbons (Fsp3) is 0.667. The van der Waals surface area contributed by atoms with Gasteiger partial charge in [-0.15, -0.1) is 0 Å². The molecule has 1 saturated heterocycles. The van der Waals surface area contributed by atoms with Crippen LogP contribution in [0.2, 0.25) is 0 Å². The van der Waals surface area contributed by atoms with Crippen LogP contribution in [0.5, 0.6) is 5.75 Å². The van der Waals surface area contributed by atoms with Gasteiger partial charge in [-0.25, -0.2) is 0 Å². The maximum absolute atomic E-state index is 6.11. The summed E-state index contributed by atoms with van der Waals surface area (Å²) in [5.74, 6) is 1.78. The summed E-state index contributed by atoms with van der Waals surface area (Å²) in [6.07, 6.45) is 5.53. The third-order valence-electron chi connectivity index (χ3n) is 5.21. The monoisotopic (exact) mass is 393 g/mol. The predicted octanol–water partition coefficient (Wildman–Crippen LogP) is 3.75. The van der Waals surface area contributed by atoms with E-state index in [1.165, 1.54) is 5.56 Å². The second-order valence-electron chi connectivity index (χ2n) is 7.23. The Kier molecular flexibility index (Phi) is 8.77. The van der Waals surface area contributed by atoms with Crippen LogP contribution >= 0.6 is 11.8 Å². The molecule has 6 heteroatoms. The molecule has 0 amide bonds. The van der Waals surface area contributed by atoms with Crippen molar-refractivity contribution in [3.8, 4) is 5.75 Å². The summed E-state index contributed by atoms with van der Waals surface area (Å²) in [6, 6.07) is 6.38. The molecule has 0 spiro atoms. The third-order valence-corrected chi connectivity index (χ3v) is 6.63. The molecule has 1 fully saturated rings. The summed E-state index contributed by atoms with van der Waals surface area (Å²) in [5.41, 5.74) is 2.36. The molecule has 5 nitrogen and oxygen atoms in total. The van der Waals surface area contributed by atoms with Crippen LogP contribution in [0.25, 0.3) is 0 Å². The highest BCUT2D eigenvalue weighted by Crippen LogP contribution is 2.33. The molecule has 152 valence electrons. The zero-order valence-electron chi connectivity index (χ0n) is 17.4. The Balaban J connectivity index is 1.95. The molecular formula is C21H35N3O2S. The van der Waals surface area contributed by atoms with E-state index in [1.807, 2.05) is 18.8 Å². The number of aryl methyl sites for hydroxylation is 1. The van der Waals surface area contributed by atoms with E-state index >= 15 is 0 Å². The van der Waals surface area contributed by atoms with E-state index in [1.54, 1.807) is 0 Å². The fourth-order valence-electron chi connectivity index (χ4n) is 3.06. The van der Waals surface area contributed by atoms with Crippen LogP contribution in [0.1, 0.15) is 44.2 Å². The Hall–Kier alpha value is -1.40. The van der Waals surface area contributed by atoms with E-state index < -0.39 is 0 Å². The topological polar surface area (TPSA) is 54.9 Å². The number of nitrogens with one attached hydrogen (secondary N) is 2. The van der Waals surface area contributed by atoms with E-state index in [2.05, 4.69) is 60.9 Å². The normalized spacial score (nSPS) is 18.0. The number of aliphatic imine (C=N–C) groups is 1. The Morgan fingerprint density at radius 3 is 2.70 bits per heavy atom. The van der Waals surface area contributed by atoms with Gasteiger partial charge >= 0.3 is 0 Å². The lowest BCUT2D eigenvalue weighted by atomic mass is 9.99. The Morgan fingerprint density at radius 1 is 1.33 bits per heavy atom. The van der Waals surface area contributed by atoms with E-state index in [4.69, 9.17) is 9.47 Å². The van der Waals surface area contributed by atoms with Crippen molar-refractivity contribution in [1.29, 1.82) is 0 Å². The first-order valence-corrected chi connectivity index (χ1v) is 11.1. The predicted molar refractivity (Wildman–Crippen MR) is 116 cm³/mol. The van der Waals surface area contributed by atoms with Gasteiger partial charge in [0.1, 0.15) is 5.75 Å². The molecule has 0 aliphatic carbocycles. The van der Waals surface area contributed by atoms with Gasteiger partial charge in [0, 0.05) is 43.7 Å². The van der Waals surface area contributed by atoms with Crippen LogP contribution < -0.4 is 15.4 Å². The highest BCUT2D eigenvalue weighted by molar-refractivity contribution is 8.00. The van der Waals surface area contributed by atoms with Crippen LogP contribution in [0.3, 0.4) is 0 Å². The smallest absolute Gasteiger partial charge is 0.191 e. The largest absolute Gasteiger partial charge is 0.490 e. The number of nitrogens with zero attached hydrogens (tertiary/aromatic N) is 1. The zero-order valence-corrected chi connectivity index (χ0v) is 18.2. The molecule has 2 rings (SSSR count). The van der Waals surface area contributed by atoms with Gasteiger partial charge in [-0.2, -0.15) is 11.8 Å². The van der Waals surface area contributed by atoms with E-state index in [9.17, 15) is 0 Å². The van der Waals surface area contributed by atoms with Crippen molar-refractivity contribution in [1.82, 2.24) is 10.6 Å². The minimum atomic E-state index is 0.206. The molecule has 2 N–H and O–H groups in total. The van der Waals surface area contributed by atoms with Gasteiger partial charge in [0.2, 0.25) is 0 Å². The van der Waals surface area contributed by atoms with Gasteiger partial charge in [-0.05, 0) is 51.0 Å². The Bertz CT molecular complexity index is 615. The lowest BCUT2D eigenvalue weighted by molar-refractivity contribution is 0.0783. The van der Waals surface area contributed by atoms with Crippen LogP contribution in [0.4, 0.5) is 0 Å². The quantitative estimate of drug-likeness (QED) is 0.520. The van der Waals surface area contributed by atoms with Crippen molar-refractivity contribution in [2.45, 2.75) is 57.4 Å². The number of hydrogen-bond donors (Lipinski definition) is 2. The number of hydrogen-bond acceptors (Lipinski definition) is 4. The van der Waals surface area contributed by atoms with Crippen molar-refractivity contribution in [2.24, 2.45) is 4.99 Å². The number of ether oxygens (including phenoxy) is 2. The second-order valence-corrected chi connectivity index (χ2v) is 8.50. The highest BCUT2D eigenvalue weighted by Gasteiger charge is 2.31. The maximum atomic E-state index is 6.11. The van der Waals surface area contributed by atoms with Gasteiger partial charge in [0.25, 0.3) is 0 Å². The second kappa shape index (κ2) is 10.8. The van der Waals surface area contributed by atoms with Crippen molar-refractivity contribution in [3.63, 3.8) is 0 Å². The average molecular weight is 394 g/mol. The zero-order chi connectivity index (χ0) is 19.7. The van der Waals surface area contributed by atoms with Gasteiger partial charge < -0.3 is 20.1 Å². The number of rotatable bonds is 8. The number of guanidine groups is 1. The molecule has 1 heterocycles. The van der Waals surface area contributed by atoms with Gasteiger partial charge in [0.05, 0.1) is 6.10 Å². The first-order chi connectivity index (χ1) is 13.0. The summed E-state index contributed by atoms with van der Waals surface area (Å²) in [7, 11) is 1.82. The SMILES string of the molecule is CCC(C)Oc1cc(C)ccc1CNC(=NC)NCC1(SC)CCOCC1. The van der Waals surface area contributed by atoms with Crippen LogP contribution in [0, 0.1) is 6.92 Å². The summed E-state index contributed by atoms with van der Waals surface area (Å²) in [5, 5.41) is 6.94. The molecule has 1 unspecified atom stereocenters. The van der Waals surface area contributed by atoms with Crippen LogP contribution in [-0.4, -0.2) is 49.9 Å². The van der Waals surface area contributed by atoms with Crippen molar-refractivity contribution in [2.75, 3.05) is 33.1 Å². The third kappa shape index (κ3) is 6.61. The van der Waals surface area contributed by atoms with Crippen molar-refractivity contribution >= 4 is 17.7 Å². The molecule has 1 aromatic carbocycles. The van der Waals surface area contributed by atoms with Gasteiger partial charge in [0.15, 0.2) is 5.96 Å². The fourth-order valence-corrected chi connectivity index (χ4v) is 3.85. The first-order valence-electron chi connectivity index (χ1n) is 9.85. The molecule has 1 aliphatic rings. The molecule has 0 bridgehead atoms. The molecular weight excluding hydrogens is 358 g/mol. The van der Waals surface area contributed by atoms with E-state index in [0.29, 0.717) is 6.54 Å². The Morgan fingerprint density at radius 2 is 2.07 bits per heavy atom. The lowest BCUT2D eigenvalue weighted by Crippen LogP contribution is -2.47. The summed E-state index contributed by atoms with van der Waals surface area (Å²) < 4.78 is 11.9. The summed E-state index contributed by atoms with van der Waals surface area (Å²) in [4.78, 5) is 4.39. The molecule has 27 heavy (non-hydrogen) atoms. The minimum absolute atomic E-state index is 0.206. The lowest BCUT2D eigenvalue weighted by Gasteiger charge is -2.36. The molecule has 1 aliphatic heterocycles. The molecule has 0 aromatic heterocycles. The molecule has 0 radical (unpaired) electrons. The van der Waals surface area contributed by atoms with Crippen LogP contribution in [-0.2, 0) is 11.3 Å². The Labute approximate surface area is 168 Å². The average Bonchev–Trinajstić information content (AvgIpc) is 2.70. The van der Waals surface area contributed by atoms with Crippen LogP contribution in [0.15, 0.2) is 23.2 Å². The van der Waals surface area contributed by atoms with Gasteiger partial charge in [-0.1, -0.05) is 19.1 Å². The summed E-state index contributed by atoms with van der Waals surface area (Å²) in [6.45, 7) is 9.60. The molecule has 0 saturated carbocycles. The summed E-state index contributed by atoms with van der Waals surface area (Å²) >= 11 is 1.93. The molecule has 1 atom stereocenters. The van der Waals surface area contributed by atoms with E-state index in [-0.39, 0.29) is 10.9 Å². The highest BCUT2D eigenvalue weighted by atomic mass is 32.2. The molecule has 1 aromatic rings. The first kappa shape index (κ1) is 21.9. The van der Waals surface area contributed by atoms with Crippen molar-refractivity contribution < 1.29 is 9.47 Å². The van der Waals surface area contributed by atoms with E-state index in [0.717, 1.165) is 56.3 Å². The standard InChI is InChI=1S/C21H35N3O2S/c1-6-17(3)26-19-13-16(2)7-8-18(19)14-23-20(22-4)24-15-21(27-5)9-11-25-12-10-21/h7-8,13,17H,6,9-12,14-15H2,1-5H3,(H2,22,23,24). The number of thioether (sulfide) groups is 1. The maximum Gasteiger partial charge on any atom is 0.191 e. The number of benzene rings is 1. The van der Waals surface area contributed by atoms with Crippen molar-refractivity contribution in [3.05, 3.63) is 29.3 Å². The minimum Gasteiger partial charge on any atom is -0.490 e.